The van der Waals surface area contributed by atoms with Gasteiger partial charge < -0.3 is 19.5 Å². The molecule has 8 nitrogen and oxygen atoms in total. The molecule has 0 unspecified atom stereocenters. The van der Waals surface area contributed by atoms with Gasteiger partial charge in [-0.1, -0.05) is 12.1 Å². The average molecular weight is 412 g/mol. The second kappa shape index (κ2) is 9.13. The van der Waals surface area contributed by atoms with Gasteiger partial charge >= 0.3 is 6.09 Å². The van der Waals surface area contributed by atoms with Gasteiger partial charge in [-0.15, -0.1) is 0 Å². The van der Waals surface area contributed by atoms with Gasteiger partial charge in [0.05, 0.1) is 24.5 Å². The number of nitrogens with zero attached hydrogens (tertiary/aromatic N) is 3. The third-order valence-corrected chi connectivity index (χ3v) is 4.34. The quantitative estimate of drug-likeness (QED) is 0.595. The summed E-state index contributed by atoms with van der Waals surface area (Å²) in [5.41, 5.74) is 4.11. The summed E-state index contributed by atoms with van der Waals surface area (Å²) in [5, 5.41) is 7.11. The van der Waals surface area contributed by atoms with Crippen LogP contribution in [0, 0.1) is 6.92 Å². The Labute approximate surface area is 176 Å². The van der Waals surface area contributed by atoms with Crippen LogP contribution < -0.4 is 10.1 Å². The van der Waals surface area contributed by atoms with Crippen LogP contribution in [0.1, 0.15) is 31.9 Å². The summed E-state index contributed by atoms with van der Waals surface area (Å²) in [4.78, 5) is 16.6. The average Bonchev–Trinajstić information content (AvgIpc) is 3.14. The lowest BCUT2D eigenvalue weighted by Crippen LogP contribution is -2.32. The Morgan fingerprint density at radius 2 is 2.00 bits per heavy atom. The van der Waals surface area contributed by atoms with Crippen LogP contribution in [0.2, 0.25) is 0 Å². The Hall–Kier alpha value is -3.13. The van der Waals surface area contributed by atoms with Gasteiger partial charge in [-0.05, 0) is 51.0 Å². The SMILES string of the molecule is COCCOc1cn2nccc2c(-c2ccc(CNC(=O)OC(C)(C)C)c(C)c2)n1. The minimum atomic E-state index is -0.526. The van der Waals surface area contributed by atoms with E-state index in [2.05, 4.69) is 15.4 Å². The van der Waals surface area contributed by atoms with Gasteiger partial charge in [-0.3, -0.25) is 0 Å². The fourth-order valence-corrected chi connectivity index (χ4v) is 2.94. The van der Waals surface area contributed by atoms with Gasteiger partial charge in [0.25, 0.3) is 0 Å². The number of amides is 1. The lowest BCUT2D eigenvalue weighted by molar-refractivity contribution is 0.0523. The number of carbonyl (C=O) groups excluding carboxylic acids is 1. The molecular formula is C22H28N4O4. The maximum atomic E-state index is 11.9. The van der Waals surface area contributed by atoms with Crippen molar-refractivity contribution in [1.82, 2.24) is 19.9 Å². The van der Waals surface area contributed by atoms with E-state index in [4.69, 9.17) is 14.2 Å². The van der Waals surface area contributed by atoms with Crippen LogP contribution >= 0.6 is 0 Å². The molecule has 3 rings (SSSR count). The van der Waals surface area contributed by atoms with E-state index in [-0.39, 0.29) is 0 Å². The van der Waals surface area contributed by atoms with Crippen LogP contribution in [-0.4, -0.2) is 46.6 Å². The zero-order valence-electron chi connectivity index (χ0n) is 18.1. The van der Waals surface area contributed by atoms with Crippen molar-refractivity contribution in [2.45, 2.75) is 39.8 Å². The number of ether oxygens (including phenoxy) is 3. The second-order valence-electron chi connectivity index (χ2n) is 7.93. The smallest absolute Gasteiger partial charge is 0.407 e. The molecule has 2 aromatic heterocycles. The second-order valence-corrected chi connectivity index (χ2v) is 7.93. The minimum absolute atomic E-state index is 0.386. The lowest BCUT2D eigenvalue weighted by Gasteiger charge is -2.20. The molecule has 1 N–H and O–H groups in total. The third-order valence-electron chi connectivity index (χ3n) is 4.34. The summed E-state index contributed by atoms with van der Waals surface area (Å²) >= 11 is 0. The molecule has 1 aromatic carbocycles. The molecule has 0 aliphatic rings. The predicted octanol–water partition coefficient (Wildman–Crippen LogP) is 3.75. The summed E-state index contributed by atoms with van der Waals surface area (Å²) < 4.78 is 17.8. The number of rotatable bonds is 7. The molecule has 0 aliphatic heterocycles. The molecule has 0 bridgehead atoms. The van der Waals surface area contributed by atoms with E-state index in [1.807, 2.05) is 52.0 Å². The normalized spacial score (nSPS) is 11.5. The molecule has 0 saturated heterocycles. The van der Waals surface area contributed by atoms with Crippen molar-refractivity contribution >= 4 is 11.6 Å². The molecule has 0 radical (unpaired) electrons. The first kappa shape index (κ1) is 21.6. The van der Waals surface area contributed by atoms with Gasteiger partial charge in [-0.2, -0.15) is 5.10 Å². The van der Waals surface area contributed by atoms with Crippen molar-refractivity contribution in [3.05, 3.63) is 47.8 Å². The molecule has 0 spiro atoms. The van der Waals surface area contributed by atoms with E-state index >= 15 is 0 Å². The van der Waals surface area contributed by atoms with E-state index in [9.17, 15) is 4.79 Å². The van der Waals surface area contributed by atoms with Crippen molar-refractivity contribution in [2.24, 2.45) is 0 Å². The Balaban J connectivity index is 1.81. The number of methoxy groups -OCH3 is 1. The number of fused-ring (bicyclic) bond motifs is 1. The number of carbonyl (C=O) groups is 1. The third kappa shape index (κ3) is 5.48. The first-order valence-corrected chi connectivity index (χ1v) is 9.80. The zero-order chi connectivity index (χ0) is 21.7. The van der Waals surface area contributed by atoms with Crippen LogP contribution in [0.25, 0.3) is 16.8 Å². The van der Waals surface area contributed by atoms with E-state index in [1.54, 1.807) is 24.0 Å². The van der Waals surface area contributed by atoms with Crippen LogP contribution in [0.3, 0.4) is 0 Å². The Kier molecular flexibility index (Phi) is 6.56. The molecule has 0 atom stereocenters. The van der Waals surface area contributed by atoms with Crippen molar-refractivity contribution in [1.29, 1.82) is 0 Å². The molecule has 0 aliphatic carbocycles. The van der Waals surface area contributed by atoms with E-state index in [0.29, 0.717) is 25.6 Å². The standard InChI is InChI=1S/C22H28N4O4/c1-15-12-16(6-7-17(15)13-23-21(27)30-22(2,3)4)20-18-8-9-24-26(18)14-19(25-20)29-11-10-28-5/h6-9,12,14H,10-11,13H2,1-5H3,(H,23,27). The highest BCUT2D eigenvalue weighted by molar-refractivity contribution is 5.77. The van der Waals surface area contributed by atoms with Crippen molar-refractivity contribution in [3.63, 3.8) is 0 Å². The van der Waals surface area contributed by atoms with Crippen LogP contribution in [-0.2, 0) is 16.0 Å². The number of aromatic nitrogens is 3. The van der Waals surface area contributed by atoms with Gasteiger partial charge in [0.1, 0.15) is 17.9 Å². The van der Waals surface area contributed by atoms with Gasteiger partial charge in [-0.25, -0.2) is 14.3 Å². The lowest BCUT2D eigenvalue weighted by atomic mass is 10.0. The fraction of sp³-hybridized carbons (Fsp3) is 0.409. The van der Waals surface area contributed by atoms with E-state index < -0.39 is 11.7 Å². The summed E-state index contributed by atoms with van der Waals surface area (Å²) in [6.07, 6.45) is 3.04. The highest BCUT2D eigenvalue weighted by atomic mass is 16.6. The summed E-state index contributed by atoms with van der Waals surface area (Å²) in [7, 11) is 1.63. The molecule has 0 fully saturated rings. The largest absolute Gasteiger partial charge is 0.474 e. The molecule has 8 heteroatoms. The molecule has 3 aromatic rings. The van der Waals surface area contributed by atoms with E-state index in [1.165, 1.54) is 0 Å². The van der Waals surface area contributed by atoms with Crippen molar-refractivity contribution in [3.8, 4) is 17.1 Å². The van der Waals surface area contributed by atoms with Crippen molar-refractivity contribution < 1.29 is 19.0 Å². The summed E-state index contributed by atoms with van der Waals surface area (Å²) in [5.74, 6) is 0.478. The molecular weight excluding hydrogens is 384 g/mol. The predicted molar refractivity (Wildman–Crippen MR) is 114 cm³/mol. The van der Waals surface area contributed by atoms with Crippen LogP contribution in [0.4, 0.5) is 4.79 Å². The minimum Gasteiger partial charge on any atom is -0.474 e. The van der Waals surface area contributed by atoms with Crippen LogP contribution in [0.5, 0.6) is 5.88 Å². The highest BCUT2D eigenvalue weighted by Crippen LogP contribution is 2.27. The number of aryl methyl sites for hydroxylation is 1. The van der Waals surface area contributed by atoms with Gasteiger partial charge in [0.2, 0.25) is 5.88 Å². The maximum Gasteiger partial charge on any atom is 0.407 e. The number of hydrogen-bond acceptors (Lipinski definition) is 6. The fourth-order valence-electron chi connectivity index (χ4n) is 2.94. The number of nitrogens with one attached hydrogen (secondary N) is 1. The topological polar surface area (TPSA) is 87.0 Å². The first-order chi connectivity index (χ1) is 14.3. The zero-order valence-corrected chi connectivity index (χ0v) is 18.1. The Morgan fingerprint density at radius 1 is 1.20 bits per heavy atom. The Morgan fingerprint density at radius 3 is 2.70 bits per heavy atom. The summed E-state index contributed by atoms with van der Waals surface area (Å²) in [6, 6.07) is 7.91. The maximum absolute atomic E-state index is 11.9. The molecule has 30 heavy (non-hydrogen) atoms. The summed E-state index contributed by atoms with van der Waals surface area (Å²) in [6.45, 7) is 8.78. The van der Waals surface area contributed by atoms with Gasteiger partial charge in [0.15, 0.2) is 0 Å². The molecule has 1 amide bonds. The first-order valence-electron chi connectivity index (χ1n) is 9.80. The van der Waals surface area contributed by atoms with Crippen LogP contribution in [0.15, 0.2) is 36.7 Å². The monoisotopic (exact) mass is 412 g/mol. The molecule has 160 valence electrons. The van der Waals surface area contributed by atoms with Gasteiger partial charge in [0, 0.05) is 19.2 Å². The Bertz CT molecular complexity index is 1020. The number of alkyl carbamates (subject to hydrolysis) is 1. The van der Waals surface area contributed by atoms with E-state index in [0.717, 1.165) is 27.9 Å². The molecule has 0 saturated carbocycles. The highest BCUT2D eigenvalue weighted by Gasteiger charge is 2.16. The number of hydrogen-bond donors (Lipinski definition) is 1. The number of benzene rings is 1. The van der Waals surface area contributed by atoms with Crippen molar-refractivity contribution in [2.75, 3.05) is 20.3 Å². The molecule has 2 heterocycles.